The fraction of sp³-hybridized carbons (Fsp3) is 0.267. The van der Waals surface area contributed by atoms with Crippen molar-refractivity contribution in [1.82, 2.24) is 0 Å². The lowest BCUT2D eigenvalue weighted by atomic mass is 9.75. The lowest BCUT2D eigenvalue weighted by molar-refractivity contribution is 0.0970. The standard InChI is InChI=1S/C15H14O2/c1-10-6-13(9-17-10)15(16)8-12-7-11-4-2-3-5-14(11)12/h2-6,9,12H,7-8H2,1H3. The molecular formula is C15H14O2. The van der Waals surface area contributed by atoms with Crippen molar-refractivity contribution in [2.45, 2.75) is 25.7 Å². The van der Waals surface area contributed by atoms with Crippen LogP contribution in [0, 0.1) is 6.92 Å². The molecule has 1 aromatic heterocycles. The summed E-state index contributed by atoms with van der Waals surface area (Å²) >= 11 is 0. The second kappa shape index (κ2) is 3.88. The number of carbonyl (C=O) groups excluding carboxylic acids is 1. The molecule has 2 heteroatoms. The second-order valence-corrected chi connectivity index (χ2v) is 4.67. The zero-order chi connectivity index (χ0) is 11.8. The molecule has 1 aliphatic carbocycles. The molecule has 1 atom stereocenters. The minimum atomic E-state index is 0.182. The summed E-state index contributed by atoms with van der Waals surface area (Å²) in [5.74, 6) is 1.37. The van der Waals surface area contributed by atoms with Crippen LogP contribution in [-0.4, -0.2) is 5.78 Å². The number of hydrogen-bond acceptors (Lipinski definition) is 2. The topological polar surface area (TPSA) is 30.2 Å². The molecule has 0 N–H and O–H groups in total. The van der Waals surface area contributed by atoms with E-state index in [2.05, 4.69) is 18.2 Å². The van der Waals surface area contributed by atoms with Crippen LogP contribution in [0.25, 0.3) is 0 Å². The first-order valence-electron chi connectivity index (χ1n) is 5.90. The number of ketones is 1. The summed E-state index contributed by atoms with van der Waals surface area (Å²) in [5, 5.41) is 0. The Morgan fingerprint density at radius 3 is 2.94 bits per heavy atom. The van der Waals surface area contributed by atoms with Gasteiger partial charge in [0, 0.05) is 6.42 Å². The van der Waals surface area contributed by atoms with E-state index in [4.69, 9.17) is 4.42 Å². The third kappa shape index (κ3) is 1.80. The van der Waals surface area contributed by atoms with Gasteiger partial charge in [-0.15, -0.1) is 0 Å². The Labute approximate surface area is 100 Å². The van der Waals surface area contributed by atoms with Crippen molar-refractivity contribution in [2.24, 2.45) is 0 Å². The van der Waals surface area contributed by atoms with Gasteiger partial charge in [0.25, 0.3) is 0 Å². The predicted molar refractivity (Wildman–Crippen MR) is 65.3 cm³/mol. The molecule has 2 nitrogen and oxygen atoms in total. The highest BCUT2D eigenvalue weighted by molar-refractivity contribution is 5.96. The molecule has 1 heterocycles. The van der Waals surface area contributed by atoms with Crippen LogP contribution in [-0.2, 0) is 6.42 Å². The molecule has 0 bridgehead atoms. The highest BCUT2D eigenvalue weighted by Crippen LogP contribution is 2.37. The fourth-order valence-electron chi connectivity index (χ4n) is 2.48. The second-order valence-electron chi connectivity index (χ2n) is 4.67. The van der Waals surface area contributed by atoms with E-state index in [0.29, 0.717) is 17.9 Å². The quantitative estimate of drug-likeness (QED) is 0.750. The highest BCUT2D eigenvalue weighted by atomic mass is 16.3. The van der Waals surface area contributed by atoms with Gasteiger partial charge in [0.05, 0.1) is 5.56 Å². The number of carbonyl (C=O) groups is 1. The van der Waals surface area contributed by atoms with Crippen LogP contribution < -0.4 is 0 Å². The maximum absolute atomic E-state index is 12.0. The third-order valence-electron chi connectivity index (χ3n) is 3.45. The summed E-state index contributed by atoms with van der Waals surface area (Å²) in [6.07, 6.45) is 3.18. The van der Waals surface area contributed by atoms with Gasteiger partial charge in [-0.1, -0.05) is 24.3 Å². The van der Waals surface area contributed by atoms with Crippen LogP contribution in [0.15, 0.2) is 41.0 Å². The van der Waals surface area contributed by atoms with E-state index >= 15 is 0 Å². The molecule has 1 aliphatic rings. The molecule has 0 saturated heterocycles. The Kier molecular flexibility index (Phi) is 2.36. The molecule has 0 radical (unpaired) electrons. The van der Waals surface area contributed by atoms with Gasteiger partial charge in [0.15, 0.2) is 5.78 Å². The highest BCUT2D eigenvalue weighted by Gasteiger charge is 2.28. The van der Waals surface area contributed by atoms with Gasteiger partial charge in [0.1, 0.15) is 12.0 Å². The first kappa shape index (κ1) is 10.3. The lowest BCUT2D eigenvalue weighted by Crippen LogP contribution is -2.19. The molecular weight excluding hydrogens is 212 g/mol. The summed E-state index contributed by atoms with van der Waals surface area (Å²) in [7, 11) is 0. The summed E-state index contributed by atoms with van der Waals surface area (Å²) in [4.78, 5) is 12.0. The van der Waals surface area contributed by atoms with E-state index in [1.54, 1.807) is 6.26 Å². The first-order valence-corrected chi connectivity index (χ1v) is 5.90. The third-order valence-corrected chi connectivity index (χ3v) is 3.45. The van der Waals surface area contributed by atoms with Crippen molar-refractivity contribution in [3.63, 3.8) is 0 Å². The van der Waals surface area contributed by atoms with Gasteiger partial charge in [-0.05, 0) is 36.5 Å². The van der Waals surface area contributed by atoms with Crippen LogP contribution in [0.2, 0.25) is 0 Å². The molecule has 17 heavy (non-hydrogen) atoms. The molecule has 0 fully saturated rings. The normalized spacial score (nSPS) is 17.4. The van der Waals surface area contributed by atoms with Crippen molar-refractivity contribution in [3.8, 4) is 0 Å². The zero-order valence-corrected chi connectivity index (χ0v) is 9.77. The first-order chi connectivity index (χ1) is 8.24. The molecule has 0 spiro atoms. The van der Waals surface area contributed by atoms with Crippen LogP contribution >= 0.6 is 0 Å². The molecule has 86 valence electrons. The Bertz CT molecular complexity index is 566. The number of aryl methyl sites for hydroxylation is 1. The molecule has 3 rings (SSSR count). The number of furan rings is 1. The number of fused-ring (bicyclic) bond motifs is 1. The van der Waals surface area contributed by atoms with E-state index in [-0.39, 0.29) is 5.78 Å². The monoisotopic (exact) mass is 226 g/mol. The van der Waals surface area contributed by atoms with Gasteiger partial charge in [-0.25, -0.2) is 0 Å². The maximum atomic E-state index is 12.0. The molecule has 0 saturated carbocycles. The fourth-order valence-corrected chi connectivity index (χ4v) is 2.48. The van der Waals surface area contributed by atoms with E-state index in [1.165, 1.54) is 11.1 Å². The Morgan fingerprint density at radius 1 is 1.41 bits per heavy atom. The van der Waals surface area contributed by atoms with Crippen LogP contribution in [0.3, 0.4) is 0 Å². The predicted octanol–water partition coefficient (Wildman–Crippen LogP) is 3.50. The number of rotatable bonds is 3. The molecule has 0 aliphatic heterocycles. The summed E-state index contributed by atoms with van der Waals surface area (Å²) in [5.41, 5.74) is 3.42. The smallest absolute Gasteiger partial charge is 0.166 e. The Hall–Kier alpha value is -1.83. The summed E-state index contributed by atoms with van der Waals surface area (Å²) < 4.78 is 5.17. The van der Waals surface area contributed by atoms with E-state index in [1.807, 2.05) is 19.1 Å². The van der Waals surface area contributed by atoms with Gasteiger partial charge < -0.3 is 4.42 Å². The summed E-state index contributed by atoms with van der Waals surface area (Å²) in [6.45, 7) is 1.86. The van der Waals surface area contributed by atoms with Crippen LogP contribution in [0.1, 0.15) is 39.6 Å². The van der Waals surface area contributed by atoms with Crippen molar-refractivity contribution >= 4 is 5.78 Å². The Balaban J connectivity index is 1.72. The van der Waals surface area contributed by atoms with E-state index < -0.39 is 0 Å². The molecule has 1 aromatic carbocycles. The van der Waals surface area contributed by atoms with E-state index in [9.17, 15) is 4.79 Å². The number of Topliss-reactive ketones (excluding diaryl/α,β-unsaturated/α-hetero) is 1. The SMILES string of the molecule is Cc1cc(C(=O)CC2Cc3ccccc32)co1. The minimum Gasteiger partial charge on any atom is -0.469 e. The van der Waals surface area contributed by atoms with Gasteiger partial charge in [-0.3, -0.25) is 4.79 Å². The van der Waals surface area contributed by atoms with Gasteiger partial charge in [0.2, 0.25) is 0 Å². The summed E-state index contributed by atoms with van der Waals surface area (Å²) in [6, 6.07) is 10.2. The van der Waals surface area contributed by atoms with Crippen molar-refractivity contribution in [2.75, 3.05) is 0 Å². The van der Waals surface area contributed by atoms with Crippen molar-refractivity contribution in [1.29, 1.82) is 0 Å². The molecule has 2 aromatic rings. The van der Waals surface area contributed by atoms with Gasteiger partial charge >= 0.3 is 0 Å². The minimum absolute atomic E-state index is 0.182. The van der Waals surface area contributed by atoms with Crippen LogP contribution in [0.5, 0.6) is 0 Å². The molecule has 0 amide bonds. The molecule has 1 unspecified atom stereocenters. The van der Waals surface area contributed by atoms with Crippen molar-refractivity contribution < 1.29 is 9.21 Å². The lowest BCUT2D eigenvalue weighted by Gasteiger charge is -2.29. The zero-order valence-electron chi connectivity index (χ0n) is 9.77. The number of hydrogen-bond donors (Lipinski definition) is 0. The van der Waals surface area contributed by atoms with Gasteiger partial charge in [-0.2, -0.15) is 0 Å². The maximum Gasteiger partial charge on any atom is 0.166 e. The van der Waals surface area contributed by atoms with Crippen LogP contribution in [0.4, 0.5) is 0 Å². The average molecular weight is 226 g/mol. The largest absolute Gasteiger partial charge is 0.469 e. The number of benzene rings is 1. The van der Waals surface area contributed by atoms with Crippen molar-refractivity contribution in [3.05, 3.63) is 59.0 Å². The average Bonchev–Trinajstić information content (AvgIpc) is 2.73. The van der Waals surface area contributed by atoms with E-state index in [0.717, 1.165) is 12.2 Å². The Morgan fingerprint density at radius 2 is 2.24 bits per heavy atom.